The molecule has 0 aromatic heterocycles. The van der Waals surface area contributed by atoms with Gasteiger partial charge in [0.2, 0.25) is 11.9 Å². The Morgan fingerprint density at radius 3 is 2.29 bits per heavy atom. The van der Waals surface area contributed by atoms with Crippen LogP contribution < -0.4 is 9.47 Å². The molecule has 6 N–H and O–H groups in total. The second-order valence-corrected chi connectivity index (χ2v) is 16.9. The van der Waals surface area contributed by atoms with E-state index in [1.807, 2.05) is 0 Å². The number of phenols is 1. The van der Waals surface area contributed by atoms with Crippen molar-refractivity contribution in [2.24, 2.45) is 0 Å². The summed E-state index contributed by atoms with van der Waals surface area (Å²) in [5.74, 6) is -5.82. The number of aliphatic hydroxyl groups is 5. The molecule has 5 saturated heterocycles. The Kier molecular flexibility index (Phi) is 9.39. The number of epoxide rings is 1. The lowest BCUT2D eigenvalue weighted by molar-refractivity contribution is -0.385. The fourth-order valence-electron chi connectivity index (χ4n) is 10.4. The SMILES string of the molecule is COc1c2c(c(O)c3c4c(c(C)cc13)C1OC3(C(OC)OC)OC1C(OC1CC(O)C(O)(C(C)=O)C(C)O1)(O4)C31CO1)C(=O)C(O)CC2OC1CC(C)(O)C(O)C(C)O1. The van der Waals surface area contributed by atoms with Crippen LogP contribution in [0.4, 0.5) is 0 Å². The molecule has 2 bridgehead atoms. The Bertz CT molecular complexity index is 2080. The summed E-state index contributed by atoms with van der Waals surface area (Å²) in [7, 11) is 4.16. The number of benzene rings is 2. The fraction of sp³-hybridized carbons (Fsp3) is 0.700. The lowest BCUT2D eigenvalue weighted by Crippen LogP contribution is -2.72. The number of aromatic hydroxyl groups is 1. The van der Waals surface area contributed by atoms with Crippen molar-refractivity contribution in [2.45, 2.75) is 150 Å². The minimum Gasteiger partial charge on any atom is -0.506 e. The van der Waals surface area contributed by atoms with Crippen LogP contribution in [-0.4, -0.2) is 154 Å². The van der Waals surface area contributed by atoms with Crippen molar-refractivity contribution < 1.29 is 92.3 Å². The van der Waals surface area contributed by atoms with Crippen molar-refractivity contribution in [1.29, 1.82) is 0 Å². The number of aryl methyl sites for hydroxylation is 1. The standard InChI is InChI=1S/C40H50O19/c1-14-9-18-25(29(45)27-26(30(18)49-6)20(10-19(42)28(27)44)55-23-12-36(5,47)33(46)15(2)53-23)31-24(14)32-34-39(57-31,37(13-52-37)40(58-32,59-34)35(50-7)51-8)56-22-11-21(43)38(48,16(3)41)17(4)54-22/h9,15,17,19-23,32-35,42-43,45-48H,10-13H2,1-8H3. The van der Waals surface area contributed by atoms with Crippen LogP contribution in [0.3, 0.4) is 0 Å². The monoisotopic (exact) mass is 834 g/mol. The smallest absolute Gasteiger partial charge is 0.279 e. The van der Waals surface area contributed by atoms with Gasteiger partial charge in [0.1, 0.15) is 35.6 Å². The van der Waals surface area contributed by atoms with Gasteiger partial charge in [-0.15, -0.1) is 0 Å². The van der Waals surface area contributed by atoms with Crippen LogP contribution in [0, 0.1) is 6.92 Å². The van der Waals surface area contributed by atoms with Crippen LogP contribution in [0.1, 0.15) is 86.2 Å². The van der Waals surface area contributed by atoms with Crippen LogP contribution in [0.5, 0.6) is 17.2 Å². The van der Waals surface area contributed by atoms with Crippen molar-refractivity contribution in [1.82, 2.24) is 0 Å². The van der Waals surface area contributed by atoms with E-state index in [9.17, 15) is 40.2 Å². The summed E-state index contributed by atoms with van der Waals surface area (Å²) in [6.07, 6.45) is -14.2. The summed E-state index contributed by atoms with van der Waals surface area (Å²) in [4.78, 5) is 26.5. The van der Waals surface area contributed by atoms with E-state index in [0.29, 0.717) is 11.1 Å². The number of Topliss-reactive ketones (excluding diaryl/α,β-unsaturated/α-hetero) is 2. The van der Waals surface area contributed by atoms with E-state index in [2.05, 4.69) is 0 Å². The highest BCUT2D eigenvalue weighted by Gasteiger charge is 2.94. The maximum absolute atomic E-state index is 14.0. The van der Waals surface area contributed by atoms with Gasteiger partial charge in [-0.25, -0.2) is 0 Å². The van der Waals surface area contributed by atoms with Crippen molar-refractivity contribution in [2.75, 3.05) is 27.9 Å². The molecule has 0 radical (unpaired) electrons. The first-order chi connectivity index (χ1) is 27.8. The van der Waals surface area contributed by atoms with Crippen molar-refractivity contribution in [3.63, 3.8) is 0 Å². The largest absolute Gasteiger partial charge is 0.506 e. The minimum absolute atomic E-state index is 0.00957. The van der Waals surface area contributed by atoms with Crippen molar-refractivity contribution in [3.8, 4) is 17.2 Å². The Balaban J connectivity index is 1.21. The summed E-state index contributed by atoms with van der Waals surface area (Å²) in [5, 5.41) is 67.6. The first-order valence-corrected chi connectivity index (χ1v) is 19.6. The van der Waals surface area contributed by atoms with E-state index >= 15 is 0 Å². The maximum atomic E-state index is 14.0. The number of ketones is 2. The maximum Gasteiger partial charge on any atom is 0.279 e. The van der Waals surface area contributed by atoms with E-state index in [4.69, 9.17) is 52.1 Å². The Hall–Kier alpha value is -3.12. The molecule has 6 heterocycles. The zero-order valence-corrected chi connectivity index (χ0v) is 33.7. The first-order valence-electron chi connectivity index (χ1n) is 19.6. The quantitative estimate of drug-likeness (QED) is 0.149. The van der Waals surface area contributed by atoms with Gasteiger partial charge in [-0.1, -0.05) is 0 Å². The van der Waals surface area contributed by atoms with E-state index in [1.165, 1.54) is 35.2 Å². The number of carbonyl (C=O) groups is 2. The van der Waals surface area contributed by atoms with E-state index in [0.717, 1.165) is 6.92 Å². The van der Waals surface area contributed by atoms with Crippen LogP contribution in [-0.2, 0) is 47.4 Å². The number of carbonyl (C=O) groups excluding carboxylic acids is 2. The highest BCUT2D eigenvalue weighted by Crippen LogP contribution is 2.72. The number of ether oxygens (including phenoxy) is 11. The second kappa shape index (κ2) is 13.4. The molecule has 59 heavy (non-hydrogen) atoms. The van der Waals surface area contributed by atoms with E-state index in [1.54, 1.807) is 19.9 Å². The average molecular weight is 835 g/mol. The molecule has 0 saturated carbocycles. The molecule has 0 amide bonds. The molecule has 15 unspecified atom stereocenters. The van der Waals surface area contributed by atoms with Gasteiger partial charge >= 0.3 is 0 Å². The number of hydrogen-bond donors (Lipinski definition) is 6. The Morgan fingerprint density at radius 1 is 1.00 bits per heavy atom. The molecule has 7 aliphatic rings. The zero-order valence-electron chi connectivity index (χ0n) is 33.7. The van der Waals surface area contributed by atoms with Gasteiger partial charge in [0.25, 0.3) is 11.6 Å². The van der Waals surface area contributed by atoms with Gasteiger partial charge in [0.05, 0.1) is 54.7 Å². The highest BCUT2D eigenvalue weighted by atomic mass is 16.9. The first kappa shape index (κ1) is 41.2. The van der Waals surface area contributed by atoms with Crippen molar-refractivity contribution in [3.05, 3.63) is 28.3 Å². The molecular formula is C40H50O19. The molecule has 1 spiro atoms. The topological polar surface area (TPSA) is 260 Å². The number of methoxy groups -OCH3 is 3. The molecule has 5 fully saturated rings. The molecular weight excluding hydrogens is 784 g/mol. The summed E-state index contributed by atoms with van der Waals surface area (Å²) < 4.78 is 69.2. The number of aliphatic hydroxyl groups excluding tert-OH is 3. The van der Waals surface area contributed by atoms with Gasteiger partial charge in [-0.05, 0) is 46.2 Å². The number of phenolic OH excluding ortho intramolecular Hbond substituents is 1. The predicted octanol–water partition coefficient (Wildman–Crippen LogP) is 0.590. The predicted molar refractivity (Wildman–Crippen MR) is 194 cm³/mol. The summed E-state index contributed by atoms with van der Waals surface area (Å²) in [6, 6.07) is 1.72. The molecule has 15 atom stereocenters. The Morgan fingerprint density at radius 2 is 1.69 bits per heavy atom. The normalized spacial score (nSPS) is 44.5. The molecule has 19 heteroatoms. The molecule has 6 aliphatic heterocycles. The summed E-state index contributed by atoms with van der Waals surface area (Å²) in [5.41, 5.74) is -4.66. The van der Waals surface area contributed by atoms with E-state index < -0.39 is 113 Å². The van der Waals surface area contributed by atoms with Crippen molar-refractivity contribution >= 4 is 22.3 Å². The number of hydrogen-bond acceptors (Lipinski definition) is 19. The lowest BCUT2D eigenvalue weighted by atomic mass is 9.77. The van der Waals surface area contributed by atoms with Gasteiger partial charge in [-0.3, -0.25) is 9.59 Å². The molecule has 1 aliphatic carbocycles. The van der Waals surface area contributed by atoms with E-state index in [-0.39, 0.29) is 59.3 Å². The summed E-state index contributed by atoms with van der Waals surface area (Å²) in [6.45, 7) is 7.30. The lowest BCUT2D eigenvalue weighted by Gasteiger charge is -2.52. The van der Waals surface area contributed by atoms with Gasteiger partial charge < -0.3 is 82.7 Å². The zero-order chi connectivity index (χ0) is 42.5. The average Bonchev–Trinajstić information content (AvgIpc) is 3.84. The number of rotatable bonds is 9. The van der Waals surface area contributed by atoms with Gasteiger partial charge in [-0.2, -0.15) is 0 Å². The molecule has 19 nitrogen and oxygen atoms in total. The third-order valence-electron chi connectivity index (χ3n) is 13.5. The van der Waals surface area contributed by atoms with Crippen LogP contribution in [0.25, 0.3) is 10.8 Å². The van der Waals surface area contributed by atoms with Crippen LogP contribution in [0.15, 0.2) is 6.07 Å². The molecule has 2 aromatic carbocycles. The molecule has 9 rings (SSSR count). The highest BCUT2D eigenvalue weighted by molar-refractivity contribution is 6.13. The molecule has 324 valence electrons. The third-order valence-corrected chi connectivity index (χ3v) is 13.5. The van der Waals surface area contributed by atoms with Crippen LogP contribution in [0.2, 0.25) is 0 Å². The second-order valence-electron chi connectivity index (χ2n) is 16.9. The van der Waals surface area contributed by atoms with Gasteiger partial charge in [0.15, 0.2) is 35.9 Å². The van der Waals surface area contributed by atoms with Crippen LogP contribution >= 0.6 is 0 Å². The summed E-state index contributed by atoms with van der Waals surface area (Å²) >= 11 is 0. The molecule has 2 aromatic rings. The fourth-order valence-corrected chi connectivity index (χ4v) is 10.4. The third kappa shape index (κ3) is 5.26. The number of fused-ring (bicyclic) bond motifs is 8. The Labute approximate surface area is 337 Å². The van der Waals surface area contributed by atoms with Gasteiger partial charge in [0, 0.05) is 50.0 Å². The minimum atomic E-state index is -2.23.